The number of aryl methyl sites for hydroxylation is 1. The molecule has 1 aliphatic rings. The smallest absolute Gasteiger partial charge is 0.475 e. The molecule has 0 aliphatic carbocycles. The molecular weight excluding hydrogens is 527 g/mol. The number of carbonyl (C=O) groups excluding carboxylic acids is 1. The summed E-state index contributed by atoms with van der Waals surface area (Å²) < 4.78 is 60.0. The molecule has 1 amide bonds. The van der Waals surface area contributed by atoms with Gasteiger partial charge in [0.1, 0.15) is 5.82 Å². The predicted molar refractivity (Wildman–Crippen MR) is 137 cm³/mol. The number of rotatable bonds is 8. The van der Waals surface area contributed by atoms with Gasteiger partial charge >= 0.3 is 12.1 Å². The molecule has 0 saturated carbocycles. The summed E-state index contributed by atoms with van der Waals surface area (Å²) in [6.45, 7) is 8.89. The number of benzene rings is 1. The number of pyridine rings is 1. The third kappa shape index (κ3) is 9.17. The Kier molecular flexibility index (Phi) is 10.9. The number of anilines is 2. The molecule has 4 N–H and O–H groups in total. The molecule has 1 aromatic carbocycles. The summed E-state index contributed by atoms with van der Waals surface area (Å²) in [5.41, 5.74) is 1.70. The molecule has 10 nitrogen and oxygen atoms in total. The van der Waals surface area contributed by atoms with Gasteiger partial charge in [-0.15, -0.1) is 0 Å². The van der Waals surface area contributed by atoms with Crippen molar-refractivity contribution in [3.8, 4) is 0 Å². The van der Waals surface area contributed by atoms with Crippen LogP contribution in [0.5, 0.6) is 0 Å². The number of carboxylic acids is 1. The number of amides is 1. The van der Waals surface area contributed by atoms with E-state index in [1.165, 1.54) is 6.20 Å². The Morgan fingerprint density at radius 3 is 2.24 bits per heavy atom. The third-order valence-corrected chi connectivity index (χ3v) is 6.61. The van der Waals surface area contributed by atoms with Gasteiger partial charge in [0.15, 0.2) is 0 Å². The van der Waals surface area contributed by atoms with Crippen molar-refractivity contribution in [3.05, 3.63) is 47.7 Å². The highest BCUT2D eigenvalue weighted by atomic mass is 32.2. The number of hydrogen-bond acceptors (Lipinski definition) is 7. The van der Waals surface area contributed by atoms with Gasteiger partial charge in [-0.3, -0.25) is 9.52 Å². The third-order valence-electron chi connectivity index (χ3n) is 5.21. The Bertz CT molecular complexity index is 1200. The number of alkyl halides is 3. The molecule has 38 heavy (non-hydrogen) atoms. The zero-order valence-electron chi connectivity index (χ0n) is 21.3. The average Bonchev–Trinajstić information content (AvgIpc) is 2.84. The van der Waals surface area contributed by atoms with Gasteiger partial charge in [-0.2, -0.15) is 13.2 Å². The zero-order valence-corrected chi connectivity index (χ0v) is 22.1. The van der Waals surface area contributed by atoms with Crippen molar-refractivity contribution in [1.82, 2.24) is 15.6 Å². The van der Waals surface area contributed by atoms with E-state index >= 15 is 0 Å². The van der Waals surface area contributed by atoms with Crippen LogP contribution >= 0.6 is 0 Å². The lowest BCUT2D eigenvalue weighted by atomic mass is 10.1. The molecule has 0 atom stereocenters. The fourth-order valence-electron chi connectivity index (χ4n) is 3.49. The van der Waals surface area contributed by atoms with Gasteiger partial charge in [0.25, 0.3) is 15.9 Å². The standard InChI is InChI=1S/C22H31N5O3S.C2HF3O2/c1-4-5-17-6-8-19(9-7-17)31(29,30)26-18-14-20(22(28)25-16(2)3)21(24-15-18)27-12-10-23-11-13-27;3-2(4,5)1(6)7/h6-9,14-16,23,26H,4-5,10-13H2,1-3H3,(H,25,28);(H,6,7). The van der Waals surface area contributed by atoms with Gasteiger partial charge < -0.3 is 20.6 Å². The van der Waals surface area contributed by atoms with E-state index in [0.29, 0.717) is 11.4 Å². The Morgan fingerprint density at radius 1 is 1.16 bits per heavy atom. The first-order valence-corrected chi connectivity index (χ1v) is 13.4. The predicted octanol–water partition coefficient (Wildman–Crippen LogP) is 3.02. The van der Waals surface area contributed by atoms with E-state index in [1.807, 2.05) is 30.9 Å². The summed E-state index contributed by atoms with van der Waals surface area (Å²) in [5, 5.41) is 13.3. The number of carboxylic acid groups (broad SMARTS) is 1. The van der Waals surface area contributed by atoms with Crippen LogP contribution in [0.4, 0.5) is 24.7 Å². The van der Waals surface area contributed by atoms with E-state index in [0.717, 1.165) is 44.6 Å². The number of aromatic nitrogens is 1. The monoisotopic (exact) mass is 559 g/mol. The van der Waals surface area contributed by atoms with E-state index in [2.05, 4.69) is 27.3 Å². The zero-order chi connectivity index (χ0) is 28.5. The summed E-state index contributed by atoms with van der Waals surface area (Å²) in [7, 11) is -3.79. The van der Waals surface area contributed by atoms with E-state index in [1.54, 1.807) is 18.2 Å². The van der Waals surface area contributed by atoms with Crippen LogP contribution < -0.4 is 20.3 Å². The Hall–Kier alpha value is -3.39. The highest BCUT2D eigenvalue weighted by Gasteiger charge is 2.38. The maximum absolute atomic E-state index is 12.9. The summed E-state index contributed by atoms with van der Waals surface area (Å²) in [6, 6.07) is 8.36. The molecule has 0 radical (unpaired) electrons. The topological polar surface area (TPSA) is 141 Å². The largest absolute Gasteiger partial charge is 0.490 e. The van der Waals surface area contributed by atoms with Crippen molar-refractivity contribution < 1.29 is 36.3 Å². The number of nitrogens with zero attached hydrogens (tertiary/aromatic N) is 2. The maximum atomic E-state index is 12.9. The normalized spacial score (nSPS) is 13.9. The lowest BCUT2D eigenvalue weighted by molar-refractivity contribution is -0.192. The van der Waals surface area contributed by atoms with Gasteiger partial charge in [0.05, 0.1) is 22.3 Å². The molecule has 0 unspecified atom stereocenters. The minimum atomic E-state index is -5.08. The van der Waals surface area contributed by atoms with Crippen molar-refractivity contribution in [2.75, 3.05) is 35.8 Å². The van der Waals surface area contributed by atoms with Gasteiger partial charge in [-0.05, 0) is 44.0 Å². The van der Waals surface area contributed by atoms with E-state index in [4.69, 9.17) is 9.90 Å². The van der Waals surface area contributed by atoms with Crippen LogP contribution in [0.25, 0.3) is 0 Å². The maximum Gasteiger partial charge on any atom is 0.490 e. The van der Waals surface area contributed by atoms with Crippen LogP contribution in [0.15, 0.2) is 41.4 Å². The highest BCUT2D eigenvalue weighted by Crippen LogP contribution is 2.24. The van der Waals surface area contributed by atoms with Crippen molar-refractivity contribution >= 4 is 33.4 Å². The van der Waals surface area contributed by atoms with Crippen molar-refractivity contribution in [3.63, 3.8) is 0 Å². The summed E-state index contributed by atoms with van der Waals surface area (Å²) in [4.78, 5) is 28.4. The minimum Gasteiger partial charge on any atom is -0.475 e. The fourth-order valence-corrected chi connectivity index (χ4v) is 4.52. The van der Waals surface area contributed by atoms with Gasteiger partial charge in [-0.1, -0.05) is 25.5 Å². The van der Waals surface area contributed by atoms with Crippen LogP contribution in [0, 0.1) is 0 Å². The lowest BCUT2D eigenvalue weighted by Gasteiger charge is -2.30. The molecule has 1 fully saturated rings. The molecule has 1 saturated heterocycles. The second-order valence-corrected chi connectivity index (χ2v) is 10.4. The van der Waals surface area contributed by atoms with Crippen molar-refractivity contribution in [2.24, 2.45) is 0 Å². The summed E-state index contributed by atoms with van der Waals surface area (Å²) in [5.74, 6) is -2.47. The molecular formula is C24H32F3N5O5S. The minimum absolute atomic E-state index is 0.0506. The molecule has 0 bridgehead atoms. The first kappa shape index (κ1) is 30.8. The summed E-state index contributed by atoms with van der Waals surface area (Å²) >= 11 is 0. The van der Waals surface area contributed by atoms with Crippen molar-refractivity contribution in [2.45, 2.75) is 50.7 Å². The Balaban J connectivity index is 0.000000638. The first-order chi connectivity index (χ1) is 17.7. The first-order valence-electron chi connectivity index (χ1n) is 11.9. The average molecular weight is 560 g/mol. The second-order valence-electron chi connectivity index (χ2n) is 8.76. The van der Waals surface area contributed by atoms with Crippen LogP contribution in [-0.2, 0) is 21.2 Å². The van der Waals surface area contributed by atoms with Crippen LogP contribution in [0.2, 0.25) is 0 Å². The Morgan fingerprint density at radius 2 is 1.74 bits per heavy atom. The molecule has 3 rings (SSSR count). The summed E-state index contributed by atoms with van der Waals surface area (Å²) in [6.07, 6.45) is -1.72. The van der Waals surface area contributed by atoms with Gasteiger partial charge in [-0.25, -0.2) is 18.2 Å². The number of hydrogen-bond donors (Lipinski definition) is 4. The molecule has 1 aliphatic heterocycles. The highest BCUT2D eigenvalue weighted by molar-refractivity contribution is 7.92. The van der Waals surface area contributed by atoms with E-state index in [-0.39, 0.29) is 22.5 Å². The SMILES string of the molecule is CCCc1ccc(S(=O)(=O)Nc2cnc(N3CCNCC3)c(C(=O)NC(C)C)c2)cc1.O=C(O)C(F)(F)F. The number of carbonyl (C=O) groups is 2. The number of halogens is 3. The number of aliphatic carboxylic acids is 1. The molecule has 2 heterocycles. The van der Waals surface area contributed by atoms with Crippen LogP contribution in [-0.4, -0.2) is 68.8 Å². The number of piperazine rings is 1. The van der Waals surface area contributed by atoms with Crippen LogP contribution in [0.1, 0.15) is 43.1 Å². The molecule has 2 aromatic rings. The number of sulfonamides is 1. The quantitative estimate of drug-likeness (QED) is 0.387. The van der Waals surface area contributed by atoms with E-state index in [9.17, 15) is 26.4 Å². The van der Waals surface area contributed by atoms with E-state index < -0.39 is 22.2 Å². The van der Waals surface area contributed by atoms with Gasteiger partial charge in [0, 0.05) is 32.2 Å². The lowest BCUT2D eigenvalue weighted by Crippen LogP contribution is -2.45. The van der Waals surface area contributed by atoms with Crippen molar-refractivity contribution in [1.29, 1.82) is 0 Å². The molecule has 14 heteroatoms. The molecule has 1 aromatic heterocycles. The fraction of sp³-hybridized carbons (Fsp3) is 0.458. The number of nitrogens with one attached hydrogen (secondary N) is 3. The van der Waals surface area contributed by atoms with Gasteiger partial charge in [0.2, 0.25) is 0 Å². The second kappa shape index (κ2) is 13.4. The molecule has 0 spiro atoms. The van der Waals surface area contributed by atoms with Crippen LogP contribution in [0.3, 0.4) is 0 Å². The Labute approximate surface area is 219 Å². The molecule has 210 valence electrons.